The molecule has 1 atom stereocenters. The van der Waals surface area contributed by atoms with Crippen LogP contribution in [0.2, 0.25) is 10.0 Å². The number of sulfonamides is 1. The topological polar surface area (TPSA) is 96.0 Å². The lowest BCUT2D eigenvalue weighted by molar-refractivity contribution is -0.142. The van der Waals surface area contributed by atoms with Crippen molar-refractivity contribution in [2.24, 2.45) is 0 Å². The molecule has 0 heterocycles. The average Bonchev–Trinajstić information content (AvgIpc) is 2.82. The van der Waals surface area contributed by atoms with Crippen molar-refractivity contribution in [2.75, 3.05) is 23.7 Å². The summed E-state index contributed by atoms with van der Waals surface area (Å²) in [5.41, 5.74) is 0.530. The van der Waals surface area contributed by atoms with Gasteiger partial charge in [-0.2, -0.15) is 0 Å². The molecular weight excluding hydrogens is 561 g/mol. The quantitative estimate of drug-likeness (QED) is 0.320. The lowest BCUT2D eigenvalue weighted by Gasteiger charge is -2.33. The van der Waals surface area contributed by atoms with Crippen molar-refractivity contribution >= 4 is 50.7 Å². The van der Waals surface area contributed by atoms with Crippen LogP contribution in [-0.4, -0.2) is 56.1 Å². The number of benzene rings is 2. The Labute approximate surface area is 242 Å². The second kappa shape index (κ2) is 14.2. The molecule has 0 aromatic heterocycles. The van der Waals surface area contributed by atoms with Crippen molar-refractivity contribution in [3.05, 3.63) is 58.1 Å². The minimum absolute atomic E-state index is 0.0183. The lowest BCUT2D eigenvalue weighted by atomic mass is 10.0. The third kappa shape index (κ3) is 9.89. The third-order valence-corrected chi connectivity index (χ3v) is 7.76. The number of hydrogen-bond donors (Lipinski definition) is 1. The van der Waals surface area contributed by atoms with Gasteiger partial charge >= 0.3 is 0 Å². The lowest BCUT2D eigenvalue weighted by Crippen LogP contribution is -2.53. The summed E-state index contributed by atoms with van der Waals surface area (Å²) < 4.78 is 31.8. The molecule has 0 radical (unpaired) electrons. The number of carbonyl (C=O) groups excluding carboxylic acids is 2. The van der Waals surface area contributed by atoms with Gasteiger partial charge in [0.2, 0.25) is 21.8 Å². The largest absolute Gasteiger partial charge is 0.494 e. The first-order valence-electron chi connectivity index (χ1n) is 12.9. The summed E-state index contributed by atoms with van der Waals surface area (Å²) in [4.78, 5) is 28.3. The molecule has 0 aliphatic rings. The molecule has 2 aromatic carbocycles. The Morgan fingerprint density at radius 1 is 1.03 bits per heavy atom. The number of ether oxygens (including phenoxy) is 1. The van der Waals surface area contributed by atoms with Gasteiger partial charge in [-0.3, -0.25) is 13.9 Å². The Kier molecular flexibility index (Phi) is 11.9. The normalized spacial score (nSPS) is 12.5. The second-order valence-electron chi connectivity index (χ2n) is 10.3. The van der Waals surface area contributed by atoms with Gasteiger partial charge in [-0.25, -0.2) is 8.42 Å². The van der Waals surface area contributed by atoms with Gasteiger partial charge in [0.05, 0.1) is 18.6 Å². The van der Waals surface area contributed by atoms with Gasteiger partial charge in [0, 0.05) is 40.7 Å². The van der Waals surface area contributed by atoms with Crippen LogP contribution >= 0.6 is 23.2 Å². The van der Waals surface area contributed by atoms with E-state index in [9.17, 15) is 18.0 Å². The van der Waals surface area contributed by atoms with Crippen molar-refractivity contribution in [1.82, 2.24) is 10.2 Å². The number of amides is 2. The molecule has 0 bridgehead atoms. The van der Waals surface area contributed by atoms with Crippen molar-refractivity contribution in [3.8, 4) is 5.75 Å². The Balaban J connectivity index is 2.28. The maximum Gasteiger partial charge on any atom is 0.243 e. The van der Waals surface area contributed by atoms with E-state index in [-0.39, 0.29) is 37.7 Å². The molecule has 0 saturated carbocycles. The number of hydrogen-bond acceptors (Lipinski definition) is 5. The smallest absolute Gasteiger partial charge is 0.243 e. The maximum atomic E-state index is 13.6. The number of anilines is 1. The van der Waals surface area contributed by atoms with E-state index in [0.29, 0.717) is 40.1 Å². The summed E-state index contributed by atoms with van der Waals surface area (Å²) in [5.74, 6) is 0.0496. The molecule has 0 aliphatic heterocycles. The van der Waals surface area contributed by atoms with Crippen LogP contribution in [0.5, 0.6) is 5.75 Å². The molecule has 1 N–H and O–H groups in total. The molecule has 0 fully saturated rings. The highest BCUT2D eigenvalue weighted by Crippen LogP contribution is 2.28. The molecule has 39 heavy (non-hydrogen) atoms. The maximum absolute atomic E-state index is 13.6. The summed E-state index contributed by atoms with van der Waals surface area (Å²) in [6.45, 7) is 9.94. The van der Waals surface area contributed by atoms with E-state index in [1.165, 1.54) is 9.21 Å². The molecule has 0 aliphatic carbocycles. The molecule has 0 saturated heterocycles. The van der Waals surface area contributed by atoms with E-state index in [1.54, 1.807) is 42.5 Å². The number of carbonyl (C=O) groups is 2. The summed E-state index contributed by atoms with van der Waals surface area (Å²) in [6, 6.07) is 11.1. The highest BCUT2D eigenvalue weighted by atomic mass is 35.5. The van der Waals surface area contributed by atoms with Gasteiger partial charge in [0.15, 0.2) is 0 Å². The molecule has 2 aromatic rings. The molecule has 0 unspecified atom stereocenters. The van der Waals surface area contributed by atoms with Crippen LogP contribution in [0.4, 0.5) is 5.69 Å². The fraction of sp³-hybridized carbons (Fsp3) is 0.500. The van der Waals surface area contributed by atoms with Gasteiger partial charge < -0.3 is 15.0 Å². The van der Waals surface area contributed by atoms with E-state index in [2.05, 4.69) is 5.32 Å². The second-order valence-corrected chi connectivity index (χ2v) is 13.0. The van der Waals surface area contributed by atoms with Gasteiger partial charge in [-0.05, 0) is 76.9 Å². The van der Waals surface area contributed by atoms with E-state index in [0.717, 1.165) is 6.26 Å². The Hall–Kier alpha value is -2.49. The number of rotatable bonds is 13. The molecule has 0 spiro atoms. The molecule has 2 rings (SSSR count). The Morgan fingerprint density at radius 2 is 1.62 bits per heavy atom. The standard InChI is InChI=1S/C28H39Cl2N3O5S/c1-7-25(27(35)31-28(3,4)5)32(19-22-23(29)11-9-12-24(22)30)26(34)13-10-18-33(39(6,36)37)20-14-16-21(17-15-20)38-8-2/h9,11-12,14-17,25H,7-8,10,13,18-19H2,1-6H3,(H,31,35)/t25-/m1/s1. The fourth-order valence-electron chi connectivity index (χ4n) is 4.11. The summed E-state index contributed by atoms with van der Waals surface area (Å²) >= 11 is 12.8. The molecule has 2 amide bonds. The fourth-order valence-corrected chi connectivity index (χ4v) is 5.59. The van der Waals surface area contributed by atoms with Crippen LogP contribution in [0, 0.1) is 0 Å². The van der Waals surface area contributed by atoms with Crippen LogP contribution in [-0.2, 0) is 26.2 Å². The molecule has 216 valence electrons. The first-order valence-corrected chi connectivity index (χ1v) is 15.5. The van der Waals surface area contributed by atoms with Crippen LogP contribution in [0.3, 0.4) is 0 Å². The van der Waals surface area contributed by atoms with Crippen LogP contribution in [0.1, 0.15) is 59.4 Å². The molecule has 8 nitrogen and oxygen atoms in total. The zero-order valence-electron chi connectivity index (χ0n) is 23.5. The zero-order valence-corrected chi connectivity index (χ0v) is 25.8. The van der Waals surface area contributed by atoms with Crippen molar-refractivity contribution in [3.63, 3.8) is 0 Å². The molecular formula is C28H39Cl2N3O5S. The van der Waals surface area contributed by atoms with Gasteiger partial charge in [0.1, 0.15) is 11.8 Å². The first kappa shape index (κ1) is 32.7. The summed E-state index contributed by atoms with van der Waals surface area (Å²) in [5, 5.41) is 3.74. The first-order chi connectivity index (χ1) is 18.2. The van der Waals surface area contributed by atoms with E-state index >= 15 is 0 Å². The highest BCUT2D eigenvalue weighted by Gasteiger charge is 2.31. The van der Waals surface area contributed by atoms with E-state index in [1.807, 2.05) is 34.6 Å². The zero-order chi connectivity index (χ0) is 29.4. The van der Waals surface area contributed by atoms with Gasteiger partial charge in [-0.15, -0.1) is 0 Å². The van der Waals surface area contributed by atoms with Crippen LogP contribution in [0.15, 0.2) is 42.5 Å². The molecule has 11 heteroatoms. The van der Waals surface area contributed by atoms with Crippen LogP contribution in [0.25, 0.3) is 0 Å². The van der Waals surface area contributed by atoms with Crippen molar-refractivity contribution in [2.45, 2.75) is 72.0 Å². The minimum atomic E-state index is -3.61. The Bertz CT molecular complexity index is 1210. The average molecular weight is 601 g/mol. The third-order valence-electron chi connectivity index (χ3n) is 5.86. The monoisotopic (exact) mass is 599 g/mol. The van der Waals surface area contributed by atoms with Crippen LogP contribution < -0.4 is 14.4 Å². The number of halogens is 2. The van der Waals surface area contributed by atoms with Gasteiger partial charge in [-0.1, -0.05) is 36.2 Å². The van der Waals surface area contributed by atoms with Gasteiger partial charge in [0.25, 0.3) is 0 Å². The predicted molar refractivity (Wildman–Crippen MR) is 158 cm³/mol. The number of nitrogens with zero attached hydrogens (tertiary/aromatic N) is 2. The SMILES string of the molecule is CCOc1ccc(N(CCCC(=O)N(Cc2c(Cl)cccc2Cl)[C@H](CC)C(=O)NC(C)(C)C)S(C)(=O)=O)cc1. The van der Waals surface area contributed by atoms with E-state index < -0.39 is 21.6 Å². The minimum Gasteiger partial charge on any atom is -0.494 e. The van der Waals surface area contributed by atoms with E-state index in [4.69, 9.17) is 27.9 Å². The highest BCUT2D eigenvalue weighted by molar-refractivity contribution is 7.92. The van der Waals surface area contributed by atoms with Crippen molar-refractivity contribution in [1.29, 1.82) is 0 Å². The Morgan fingerprint density at radius 3 is 2.10 bits per heavy atom. The van der Waals surface area contributed by atoms with Crippen molar-refractivity contribution < 1.29 is 22.7 Å². The predicted octanol–water partition coefficient (Wildman–Crippen LogP) is 5.66. The number of nitrogens with one attached hydrogen (secondary N) is 1. The summed E-state index contributed by atoms with van der Waals surface area (Å²) in [7, 11) is -3.61. The summed E-state index contributed by atoms with van der Waals surface area (Å²) in [6.07, 6.45) is 1.76.